The molecular weight excluding hydrogens is 246 g/mol. The van der Waals surface area contributed by atoms with Crippen molar-refractivity contribution >= 4 is 11.7 Å². The van der Waals surface area contributed by atoms with E-state index in [0.717, 1.165) is 19.3 Å². The van der Waals surface area contributed by atoms with Crippen LogP contribution < -0.4 is 0 Å². The molecule has 5 heteroatoms. The number of carbonyl (C=O) groups excluding carboxylic acids is 1. The lowest BCUT2D eigenvalue weighted by atomic mass is 9.89. The summed E-state index contributed by atoms with van der Waals surface area (Å²) in [6, 6.07) is 5.66. The molecule has 1 aromatic rings. The molecule has 0 N–H and O–H groups in total. The lowest BCUT2D eigenvalue weighted by Crippen LogP contribution is -2.24. The third-order valence-corrected chi connectivity index (χ3v) is 3.45. The number of ether oxygens (including phenoxy) is 1. The van der Waals surface area contributed by atoms with Crippen LogP contribution in [0.4, 0.5) is 5.69 Å². The van der Waals surface area contributed by atoms with Crippen LogP contribution in [-0.4, -0.2) is 17.0 Å². The highest BCUT2D eigenvalue weighted by atomic mass is 16.6. The zero-order chi connectivity index (χ0) is 13.8. The standard InChI is InChI=1S/C14H17NO4/c1-10-4-2-7-13(8-10)19-14(16)11-5-3-6-12(9-11)15(17)18/h3,5-6,9-10,13H,2,4,7-8H2,1H3. The molecule has 1 aliphatic rings. The van der Waals surface area contributed by atoms with Crippen molar-refractivity contribution in [2.24, 2.45) is 5.92 Å². The van der Waals surface area contributed by atoms with Gasteiger partial charge < -0.3 is 4.74 Å². The SMILES string of the molecule is CC1CCCC(OC(=O)c2cccc([N+](=O)[O-])c2)C1. The highest BCUT2D eigenvalue weighted by molar-refractivity contribution is 5.90. The first kappa shape index (κ1) is 13.5. The fourth-order valence-corrected chi connectivity index (χ4v) is 2.45. The summed E-state index contributed by atoms with van der Waals surface area (Å²) >= 11 is 0. The molecular formula is C14H17NO4. The Balaban J connectivity index is 2.03. The maximum atomic E-state index is 11.9. The third kappa shape index (κ3) is 3.53. The third-order valence-electron chi connectivity index (χ3n) is 3.45. The van der Waals surface area contributed by atoms with Crippen molar-refractivity contribution in [2.45, 2.75) is 38.7 Å². The van der Waals surface area contributed by atoms with E-state index in [9.17, 15) is 14.9 Å². The van der Waals surface area contributed by atoms with Crippen LogP contribution in [0.2, 0.25) is 0 Å². The maximum absolute atomic E-state index is 11.9. The van der Waals surface area contributed by atoms with Gasteiger partial charge in [0.05, 0.1) is 10.5 Å². The van der Waals surface area contributed by atoms with Crippen LogP contribution >= 0.6 is 0 Å². The predicted molar refractivity (Wildman–Crippen MR) is 69.9 cm³/mol. The van der Waals surface area contributed by atoms with Crippen LogP contribution in [0.3, 0.4) is 0 Å². The molecule has 0 radical (unpaired) electrons. The molecule has 102 valence electrons. The van der Waals surface area contributed by atoms with E-state index >= 15 is 0 Å². The van der Waals surface area contributed by atoms with Crippen molar-refractivity contribution in [1.29, 1.82) is 0 Å². The molecule has 0 aromatic heterocycles. The van der Waals surface area contributed by atoms with Gasteiger partial charge in [0.15, 0.2) is 0 Å². The minimum Gasteiger partial charge on any atom is -0.459 e. The molecule has 0 amide bonds. The summed E-state index contributed by atoms with van der Waals surface area (Å²) < 4.78 is 5.42. The summed E-state index contributed by atoms with van der Waals surface area (Å²) in [5.74, 6) is 0.0967. The number of esters is 1. The summed E-state index contributed by atoms with van der Waals surface area (Å²) in [5.41, 5.74) is 0.152. The topological polar surface area (TPSA) is 69.4 Å². The Labute approximate surface area is 111 Å². The summed E-state index contributed by atoms with van der Waals surface area (Å²) in [6.45, 7) is 2.15. The first-order valence-electron chi connectivity index (χ1n) is 6.51. The van der Waals surface area contributed by atoms with Crippen molar-refractivity contribution in [1.82, 2.24) is 0 Å². The van der Waals surface area contributed by atoms with E-state index in [0.29, 0.717) is 5.92 Å². The van der Waals surface area contributed by atoms with Crippen LogP contribution in [0.1, 0.15) is 43.0 Å². The lowest BCUT2D eigenvalue weighted by Gasteiger charge is -2.26. The number of non-ortho nitro benzene ring substituents is 1. The van der Waals surface area contributed by atoms with Gasteiger partial charge in [-0.1, -0.05) is 19.4 Å². The fourth-order valence-electron chi connectivity index (χ4n) is 2.45. The largest absolute Gasteiger partial charge is 0.459 e. The average Bonchev–Trinajstić information content (AvgIpc) is 2.39. The fraction of sp³-hybridized carbons (Fsp3) is 0.500. The first-order chi connectivity index (χ1) is 9.06. The van der Waals surface area contributed by atoms with E-state index in [4.69, 9.17) is 4.74 Å². The van der Waals surface area contributed by atoms with Gasteiger partial charge in [-0.3, -0.25) is 10.1 Å². The van der Waals surface area contributed by atoms with Gasteiger partial charge in [0.25, 0.3) is 5.69 Å². The quantitative estimate of drug-likeness (QED) is 0.476. The minimum absolute atomic E-state index is 0.0597. The zero-order valence-corrected chi connectivity index (χ0v) is 10.9. The Morgan fingerprint density at radius 1 is 1.42 bits per heavy atom. The Morgan fingerprint density at radius 3 is 2.89 bits per heavy atom. The monoisotopic (exact) mass is 263 g/mol. The number of hydrogen-bond donors (Lipinski definition) is 0. The molecule has 0 aliphatic heterocycles. The Hall–Kier alpha value is -1.91. The molecule has 1 aliphatic carbocycles. The molecule has 2 unspecified atom stereocenters. The van der Waals surface area contributed by atoms with E-state index in [1.165, 1.54) is 24.6 Å². The molecule has 0 saturated heterocycles. The number of nitrogens with zero attached hydrogens (tertiary/aromatic N) is 1. The number of benzene rings is 1. The van der Waals surface area contributed by atoms with Crippen LogP contribution in [0, 0.1) is 16.0 Å². The molecule has 1 saturated carbocycles. The van der Waals surface area contributed by atoms with Crippen molar-refractivity contribution in [3.63, 3.8) is 0 Å². The van der Waals surface area contributed by atoms with Gasteiger partial charge in [0, 0.05) is 12.1 Å². The van der Waals surface area contributed by atoms with Gasteiger partial charge in [0.2, 0.25) is 0 Å². The highest BCUT2D eigenvalue weighted by Crippen LogP contribution is 2.26. The van der Waals surface area contributed by atoms with Crippen molar-refractivity contribution in [2.75, 3.05) is 0 Å². The highest BCUT2D eigenvalue weighted by Gasteiger charge is 2.23. The molecule has 2 rings (SSSR count). The number of nitro benzene ring substituents is 1. The predicted octanol–water partition coefficient (Wildman–Crippen LogP) is 3.33. The van der Waals surface area contributed by atoms with E-state index in [-0.39, 0.29) is 17.4 Å². The Bertz CT molecular complexity index is 486. The first-order valence-corrected chi connectivity index (χ1v) is 6.51. The summed E-state index contributed by atoms with van der Waals surface area (Å²) in [6.07, 6.45) is 3.93. The van der Waals surface area contributed by atoms with E-state index in [1.807, 2.05) is 0 Å². The van der Waals surface area contributed by atoms with Crippen LogP contribution in [0.25, 0.3) is 0 Å². The van der Waals surface area contributed by atoms with Crippen LogP contribution in [-0.2, 0) is 4.74 Å². The minimum atomic E-state index is -0.514. The summed E-state index contributed by atoms with van der Waals surface area (Å²) in [4.78, 5) is 22.1. The number of nitro groups is 1. The van der Waals surface area contributed by atoms with Gasteiger partial charge in [-0.25, -0.2) is 4.79 Å². The zero-order valence-electron chi connectivity index (χ0n) is 10.9. The second-order valence-corrected chi connectivity index (χ2v) is 5.11. The number of rotatable bonds is 3. The van der Waals surface area contributed by atoms with Crippen molar-refractivity contribution < 1.29 is 14.5 Å². The molecule has 0 spiro atoms. The smallest absolute Gasteiger partial charge is 0.338 e. The van der Waals surface area contributed by atoms with Gasteiger partial charge in [-0.05, 0) is 31.2 Å². The molecule has 0 bridgehead atoms. The Kier molecular flexibility index (Phi) is 4.14. The van der Waals surface area contributed by atoms with Gasteiger partial charge in [-0.15, -0.1) is 0 Å². The lowest BCUT2D eigenvalue weighted by molar-refractivity contribution is -0.384. The van der Waals surface area contributed by atoms with Crippen LogP contribution in [0.5, 0.6) is 0 Å². The summed E-state index contributed by atoms with van der Waals surface area (Å²) in [5, 5.41) is 10.7. The molecule has 19 heavy (non-hydrogen) atoms. The molecule has 5 nitrogen and oxygen atoms in total. The van der Waals surface area contributed by atoms with Crippen LogP contribution in [0.15, 0.2) is 24.3 Å². The average molecular weight is 263 g/mol. The Morgan fingerprint density at radius 2 is 2.21 bits per heavy atom. The van der Waals surface area contributed by atoms with Gasteiger partial charge in [-0.2, -0.15) is 0 Å². The molecule has 1 aromatic carbocycles. The maximum Gasteiger partial charge on any atom is 0.338 e. The van der Waals surface area contributed by atoms with E-state index in [1.54, 1.807) is 6.07 Å². The molecule has 1 fully saturated rings. The molecule has 2 atom stereocenters. The van der Waals surface area contributed by atoms with E-state index < -0.39 is 10.9 Å². The second kappa shape index (κ2) is 5.82. The summed E-state index contributed by atoms with van der Waals surface area (Å²) in [7, 11) is 0. The number of hydrogen-bond acceptors (Lipinski definition) is 4. The van der Waals surface area contributed by atoms with Gasteiger partial charge in [0.1, 0.15) is 6.10 Å². The van der Waals surface area contributed by atoms with Crippen molar-refractivity contribution in [3.05, 3.63) is 39.9 Å². The molecule has 0 heterocycles. The normalized spacial score (nSPS) is 22.8. The van der Waals surface area contributed by atoms with Crippen molar-refractivity contribution in [3.8, 4) is 0 Å². The number of carbonyl (C=O) groups is 1. The van der Waals surface area contributed by atoms with Gasteiger partial charge >= 0.3 is 5.97 Å². The second-order valence-electron chi connectivity index (χ2n) is 5.11. The van der Waals surface area contributed by atoms with E-state index in [2.05, 4.69) is 6.92 Å².